The van der Waals surface area contributed by atoms with Gasteiger partial charge in [-0.3, -0.25) is 4.79 Å². The van der Waals surface area contributed by atoms with E-state index in [1.54, 1.807) is 0 Å². The summed E-state index contributed by atoms with van der Waals surface area (Å²) in [6.45, 7) is 0. The lowest BCUT2D eigenvalue weighted by Gasteiger charge is -2.27. The topological polar surface area (TPSA) is 46.5 Å². The summed E-state index contributed by atoms with van der Waals surface area (Å²) >= 11 is 3.09. The highest BCUT2D eigenvalue weighted by molar-refractivity contribution is 9.10. The van der Waals surface area contributed by atoms with E-state index >= 15 is 0 Å². The molecule has 0 aliphatic heterocycles. The number of benzene rings is 1. The van der Waals surface area contributed by atoms with Crippen LogP contribution >= 0.6 is 15.9 Å². The molecule has 1 saturated carbocycles. The van der Waals surface area contributed by atoms with E-state index in [2.05, 4.69) is 15.9 Å². The maximum absolute atomic E-state index is 14.1. The fourth-order valence-corrected chi connectivity index (χ4v) is 3.32. The van der Waals surface area contributed by atoms with E-state index in [9.17, 15) is 18.7 Å². The Morgan fingerprint density at radius 2 is 2.00 bits per heavy atom. The molecule has 0 amide bonds. The molecule has 1 N–H and O–H groups in total. The summed E-state index contributed by atoms with van der Waals surface area (Å²) < 4.78 is 33.0. The van der Waals surface area contributed by atoms with Crippen LogP contribution in [0.4, 0.5) is 8.78 Å². The molecule has 104 valence electrons. The van der Waals surface area contributed by atoms with Crippen LogP contribution in [0.25, 0.3) is 0 Å². The van der Waals surface area contributed by atoms with Crippen molar-refractivity contribution in [1.29, 1.82) is 0 Å². The molecule has 6 heteroatoms. The lowest BCUT2D eigenvalue weighted by atomic mass is 9.78. The van der Waals surface area contributed by atoms with Crippen molar-refractivity contribution in [2.45, 2.75) is 31.1 Å². The molecule has 1 fully saturated rings. The minimum atomic E-state index is -1.40. The van der Waals surface area contributed by atoms with Gasteiger partial charge in [0.05, 0.1) is 22.6 Å². The Hall–Kier alpha value is -1.17. The van der Waals surface area contributed by atoms with Gasteiger partial charge in [0, 0.05) is 0 Å². The smallest absolute Gasteiger partial charge is 0.314 e. The van der Waals surface area contributed by atoms with Crippen LogP contribution < -0.4 is 4.74 Å². The summed E-state index contributed by atoms with van der Waals surface area (Å²) in [5.74, 6) is -3.29. The summed E-state index contributed by atoms with van der Waals surface area (Å²) in [5, 5.41) is 9.48. The van der Waals surface area contributed by atoms with Crippen molar-refractivity contribution in [3.05, 3.63) is 27.7 Å². The van der Waals surface area contributed by atoms with E-state index in [1.807, 2.05) is 0 Å². The molecular weight excluding hydrogens is 322 g/mol. The van der Waals surface area contributed by atoms with Crippen LogP contribution in [0, 0.1) is 11.6 Å². The second-order valence-electron chi connectivity index (χ2n) is 4.66. The molecular formula is C13H13BrF2O3. The van der Waals surface area contributed by atoms with E-state index in [-0.39, 0.29) is 28.6 Å². The maximum Gasteiger partial charge on any atom is 0.314 e. The molecule has 19 heavy (non-hydrogen) atoms. The van der Waals surface area contributed by atoms with Crippen molar-refractivity contribution in [3.8, 4) is 5.75 Å². The molecule has 0 radical (unpaired) electrons. The van der Waals surface area contributed by atoms with Gasteiger partial charge >= 0.3 is 5.97 Å². The Morgan fingerprint density at radius 1 is 1.42 bits per heavy atom. The van der Waals surface area contributed by atoms with Gasteiger partial charge in [-0.15, -0.1) is 0 Å². The first-order chi connectivity index (χ1) is 8.94. The van der Waals surface area contributed by atoms with E-state index in [0.717, 1.165) is 6.07 Å². The highest BCUT2D eigenvalue weighted by Gasteiger charge is 2.47. The SMILES string of the molecule is COc1c(Br)cc(F)c(F)c1C1(C(=O)O)CCCC1. The van der Waals surface area contributed by atoms with Crippen molar-refractivity contribution in [2.24, 2.45) is 0 Å². The van der Waals surface area contributed by atoms with Gasteiger partial charge in [0.1, 0.15) is 5.75 Å². The van der Waals surface area contributed by atoms with Gasteiger partial charge in [-0.1, -0.05) is 12.8 Å². The third-order valence-electron chi connectivity index (χ3n) is 3.68. The van der Waals surface area contributed by atoms with E-state index in [1.165, 1.54) is 7.11 Å². The van der Waals surface area contributed by atoms with Crippen molar-refractivity contribution in [1.82, 2.24) is 0 Å². The lowest BCUT2D eigenvalue weighted by Crippen LogP contribution is -2.34. The molecule has 1 aliphatic carbocycles. The predicted molar refractivity (Wildman–Crippen MR) is 68.4 cm³/mol. The van der Waals surface area contributed by atoms with E-state index < -0.39 is 23.0 Å². The van der Waals surface area contributed by atoms with Crippen LogP contribution in [-0.4, -0.2) is 18.2 Å². The summed E-state index contributed by atoms with van der Waals surface area (Å²) in [6.07, 6.45) is 1.91. The lowest BCUT2D eigenvalue weighted by molar-refractivity contribution is -0.143. The van der Waals surface area contributed by atoms with Gasteiger partial charge in [0.15, 0.2) is 11.6 Å². The summed E-state index contributed by atoms with van der Waals surface area (Å²) in [6, 6.07) is 0.947. The molecule has 1 aromatic carbocycles. The number of hydrogen-bond donors (Lipinski definition) is 1. The molecule has 1 aliphatic rings. The number of methoxy groups -OCH3 is 1. The number of hydrogen-bond acceptors (Lipinski definition) is 2. The first-order valence-corrected chi connectivity index (χ1v) is 6.68. The third-order valence-corrected chi connectivity index (χ3v) is 4.26. The molecule has 2 rings (SSSR count). The molecule has 0 bridgehead atoms. The van der Waals surface area contributed by atoms with Gasteiger partial charge in [-0.2, -0.15) is 0 Å². The average Bonchev–Trinajstić information content (AvgIpc) is 2.83. The Bertz CT molecular complexity index is 525. The summed E-state index contributed by atoms with van der Waals surface area (Å²) in [7, 11) is 1.31. The quantitative estimate of drug-likeness (QED) is 0.858. The van der Waals surface area contributed by atoms with Crippen molar-refractivity contribution in [2.75, 3.05) is 7.11 Å². The average molecular weight is 335 g/mol. The van der Waals surface area contributed by atoms with Crippen LogP contribution in [0.3, 0.4) is 0 Å². The molecule has 0 heterocycles. The Morgan fingerprint density at radius 3 is 2.47 bits per heavy atom. The zero-order valence-corrected chi connectivity index (χ0v) is 11.9. The van der Waals surface area contributed by atoms with Crippen LogP contribution in [0.1, 0.15) is 31.2 Å². The molecule has 3 nitrogen and oxygen atoms in total. The first-order valence-electron chi connectivity index (χ1n) is 5.89. The number of aliphatic carboxylic acids is 1. The Kier molecular flexibility index (Phi) is 3.80. The second-order valence-corrected chi connectivity index (χ2v) is 5.51. The highest BCUT2D eigenvalue weighted by atomic mass is 79.9. The highest BCUT2D eigenvalue weighted by Crippen LogP contribution is 2.48. The Balaban J connectivity index is 2.76. The van der Waals surface area contributed by atoms with Crippen molar-refractivity contribution < 1.29 is 23.4 Å². The predicted octanol–water partition coefficient (Wildman–Crippen LogP) is 3.63. The monoisotopic (exact) mass is 334 g/mol. The molecule has 1 aromatic rings. The number of carboxylic acids is 1. The third kappa shape index (κ3) is 2.12. The van der Waals surface area contributed by atoms with Gasteiger partial charge in [0.25, 0.3) is 0 Å². The molecule has 0 spiro atoms. The van der Waals surface area contributed by atoms with Gasteiger partial charge in [-0.25, -0.2) is 8.78 Å². The first kappa shape index (κ1) is 14.2. The fourth-order valence-electron chi connectivity index (χ4n) is 2.75. The number of carboxylic acid groups (broad SMARTS) is 1. The van der Waals surface area contributed by atoms with Gasteiger partial charge < -0.3 is 9.84 Å². The Labute approximate surface area is 117 Å². The standard InChI is InChI=1S/C13H13BrF2O3/c1-19-11-7(14)6-8(15)10(16)9(11)13(12(17)18)4-2-3-5-13/h6H,2-5H2,1H3,(H,17,18). The molecule has 0 saturated heterocycles. The number of halogens is 3. The molecule has 0 unspecified atom stereocenters. The number of ether oxygens (including phenoxy) is 1. The van der Waals surface area contributed by atoms with Crippen LogP contribution in [0.5, 0.6) is 5.75 Å². The van der Waals surface area contributed by atoms with Crippen LogP contribution in [-0.2, 0) is 10.2 Å². The number of rotatable bonds is 3. The van der Waals surface area contributed by atoms with Crippen molar-refractivity contribution in [3.63, 3.8) is 0 Å². The van der Waals surface area contributed by atoms with E-state index in [4.69, 9.17) is 4.74 Å². The largest absolute Gasteiger partial charge is 0.495 e. The van der Waals surface area contributed by atoms with Gasteiger partial charge in [0.2, 0.25) is 0 Å². The normalized spacial score (nSPS) is 17.5. The fraction of sp³-hybridized carbons (Fsp3) is 0.462. The minimum Gasteiger partial charge on any atom is -0.495 e. The van der Waals surface area contributed by atoms with Crippen molar-refractivity contribution >= 4 is 21.9 Å². The zero-order chi connectivity index (χ0) is 14.2. The summed E-state index contributed by atoms with van der Waals surface area (Å²) in [4.78, 5) is 11.6. The molecule has 0 atom stereocenters. The minimum absolute atomic E-state index is 0.0585. The van der Waals surface area contributed by atoms with E-state index in [0.29, 0.717) is 12.8 Å². The van der Waals surface area contributed by atoms with Gasteiger partial charge in [-0.05, 0) is 34.8 Å². The molecule has 0 aromatic heterocycles. The number of carbonyl (C=O) groups is 1. The zero-order valence-electron chi connectivity index (χ0n) is 10.3. The summed E-state index contributed by atoms with van der Waals surface area (Å²) in [5.41, 5.74) is -1.59. The second kappa shape index (κ2) is 5.07. The van der Waals surface area contributed by atoms with Crippen LogP contribution in [0.2, 0.25) is 0 Å². The maximum atomic E-state index is 14.1. The van der Waals surface area contributed by atoms with Crippen LogP contribution in [0.15, 0.2) is 10.5 Å².